The summed E-state index contributed by atoms with van der Waals surface area (Å²) in [6, 6.07) is 11.9. The molecule has 176 valence electrons. The van der Waals surface area contributed by atoms with Crippen LogP contribution in [-0.4, -0.2) is 49.6 Å². The molecule has 0 spiro atoms. The molecule has 0 saturated heterocycles. The minimum atomic E-state index is -0.628. The highest BCUT2D eigenvalue weighted by atomic mass is 19.1. The second-order valence-corrected chi connectivity index (χ2v) is 8.67. The van der Waals surface area contributed by atoms with Crippen LogP contribution in [-0.2, 0) is 20.7 Å². The molecule has 2 aromatic rings. The van der Waals surface area contributed by atoms with Crippen molar-refractivity contribution < 1.29 is 23.5 Å². The molecule has 2 unspecified atom stereocenters. The Hall–Kier alpha value is -2.93. The summed E-state index contributed by atoms with van der Waals surface area (Å²) >= 11 is 0. The number of nitrogens with one attached hydrogen (secondary N) is 1. The number of amides is 2. The first kappa shape index (κ1) is 23.2. The Morgan fingerprint density at radius 1 is 1.18 bits per heavy atom. The van der Waals surface area contributed by atoms with E-state index in [2.05, 4.69) is 5.32 Å². The summed E-state index contributed by atoms with van der Waals surface area (Å²) in [5, 5.41) is 2.82. The summed E-state index contributed by atoms with van der Waals surface area (Å²) in [4.78, 5) is 27.5. The predicted molar refractivity (Wildman–Crippen MR) is 122 cm³/mol. The largest absolute Gasteiger partial charge is 0.481 e. The molecule has 0 bridgehead atoms. The summed E-state index contributed by atoms with van der Waals surface area (Å²) in [6.07, 6.45) is 2.50. The van der Waals surface area contributed by atoms with E-state index in [1.165, 1.54) is 12.1 Å². The molecule has 2 aromatic carbocycles. The Bertz CT molecular complexity index is 990. The number of halogens is 1. The molecular weight excluding hydrogens is 423 g/mol. The highest BCUT2D eigenvalue weighted by Crippen LogP contribution is 2.41. The molecular formula is C26H31FN2O4. The Morgan fingerprint density at radius 2 is 1.94 bits per heavy atom. The summed E-state index contributed by atoms with van der Waals surface area (Å²) in [7, 11) is 1.59. The predicted octanol–water partition coefficient (Wildman–Crippen LogP) is 3.63. The molecule has 33 heavy (non-hydrogen) atoms. The van der Waals surface area contributed by atoms with Crippen molar-refractivity contribution in [3.05, 3.63) is 65.0 Å². The first-order valence-corrected chi connectivity index (χ1v) is 11.6. The van der Waals surface area contributed by atoms with Gasteiger partial charge in [-0.15, -0.1) is 0 Å². The second kappa shape index (κ2) is 10.3. The maximum absolute atomic E-state index is 13.6. The van der Waals surface area contributed by atoms with Gasteiger partial charge < -0.3 is 19.7 Å². The molecule has 1 heterocycles. The summed E-state index contributed by atoms with van der Waals surface area (Å²) in [5.74, 6) is 0.333. The van der Waals surface area contributed by atoms with Crippen molar-refractivity contribution in [3.8, 4) is 5.75 Å². The number of benzene rings is 2. The van der Waals surface area contributed by atoms with Crippen LogP contribution in [0.25, 0.3) is 0 Å². The Kier molecular flexibility index (Phi) is 7.28. The van der Waals surface area contributed by atoms with E-state index in [4.69, 9.17) is 9.47 Å². The molecule has 0 radical (unpaired) electrons. The van der Waals surface area contributed by atoms with Crippen molar-refractivity contribution in [1.82, 2.24) is 10.2 Å². The van der Waals surface area contributed by atoms with Gasteiger partial charge in [-0.05, 0) is 66.6 Å². The van der Waals surface area contributed by atoms with Gasteiger partial charge in [0.2, 0.25) is 5.91 Å². The van der Waals surface area contributed by atoms with E-state index in [0.29, 0.717) is 31.9 Å². The molecule has 4 rings (SSSR count). The van der Waals surface area contributed by atoms with Crippen LogP contribution in [0.5, 0.6) is 5.75 Å². The van der Waals surface area contributed by atoms with Gasteiger partial charge in [0.15, 0.2) is 6.10 Å². The number of carbonyl (C=O) groups excluding carboxylic acids is 2. The van der Waals surface area contributed by atoms with Crippen molar-refractivity contribution in [2.24, 2.45) is 5.92 Å². The van der Waals surface area contributed by atoms with Crippen LogP contribution in [0.2, 0.25) is 0 Å². The van der Waals surface area contributed by atoms with Crippen LogP contribution in [0.1, 0.15) is 48.9 Å². The van der Waals surface area contributed by atoms with Crippen molar-refractivity contribution in [1.29, 1.82) is 0 Å². The third-order valence-corrected chi connectivity index (χ3v) is 6.29. The number of fused-ring (bicyclic) bond motifs is 1. The summed E-state index contributed by atoms with van der Waals surface area (Å²) in [6.45, 7) is 3.38. The maximum atomic E-state index is 13.6. The van der Waals surface area contributed by atoms with Crippen molar-refractivity contribution in [3.63, 3.8) is 0 Å². The molecule has 2 amide bonds. The molecule has 1 aliphatic carbocycles. The van der Waals surface area contributed by atoms with E-state index in [1.54, 1.807) is 19.2 Å². The molecule has 1 fully saturated rings. The zero-order valence-electron chi connectivity index (χ0n) is 19.2. The average Bonchev–Trinajstić information content (AvgIpc) is 3.67. The lowest BCUT2D eigenvalue weighted by Crippen LogP contribution is -2.41. The van der Waals surface area contributed by atoms with Crippen LogP contribution in [0.15, 0.2) is 42.5 Å². The lowest BCUT2D eigenvalue weighted by Gasteiger charge is -2.38. The first-order valence-electron chi connectivity index (χ1n) is 11.6. The van der Waals surface area contributed by atoms with E-state index in [9.17, 15) is 14.0 Å². The molecule has 2 atom stereocenters. The lowest BCUT2D eigenvalue weighted by atomic mass is 9.87. The topological polar surface area (TPSA) is 67.9 Å². The second-order valence-electron chi connectivity index (χ2n) is 8.67. The molecule has 0 aromatic heterocycles. The number of carbonyl (C=O) groups is 2. The molecule has 1 N–H and O–H groups in total. The smallest absolute Gasteiger partial charge is 0.261 e. The van der Waals surface area contributed by atoms with Gasteiger partial charge in [-0.2, -0.15) is 0 Å². The van der Waals surface area contributed by atoms with Gasteiger partial charge in [0, 0.05) is 26.1 Å². The van der Waals surface area contributed by atoms with E-state index >= 15 is 0 Å². The zero-order valence-corrected chi connectivity index (χ0v) is 19.2. The van der Waals surface area contributed by atoms with Crippen LogP contribution in [0, 0.1) is 11.7 Å². The van der Waals surface area contributed by atoms with Gasteiger partial charge in [-0.25, -0.2) is 4.39 Å². The first-order chi connectivity index (χ1) is 16.0. The molecule has 6 nitrogen and oxygen atoms in total. The highest BCUT2D eigenvalue weighted by Gasteiger charge is 2.39. The normalized spacial score (nSPS) is 18.4. The molecule has 7 heteroatoms. The van der Waals surface area contributed by atoms with Gasteiger partial charge in [-0.1, -0.05) is 25.1 Å². The molecule has 1 aliphatic heterocycles. The van der Waals surface area contributed by atoms with Crippen molar-refractivity contribution >= 4 is 11.8 Å². The highest BCUT2D eigenvalue weighted by molar-refractivity contribution is 5.82. The molecule has 2 aliphatic rings. The van der Waals surface area contributed by atoms with E-state index in [0.717, 1.165) is 36.0 Å². The van der Waals surface area contributed by atoms with Crippen LogP contribution in [0.4, 0.5) is 4.39 Å². The van der Waals surface area contributed by atoms with Gasteiger partial charge in [-0.3, -0.25) is 9.59 Å². The fourth-order valence-corrected chi connectivity index (χ4v) is 4.35. The number of rotatable bonds is 9. The van der Waals surface area contributed by atoms with Crippen LogP contribution < -0.4 is 10.1 Å². The number of ether oxygens (including phenoxy) is 2. The van der Waals surface area contributed by atoms with Gasteiger partial charge in [0.05, 0.1) is 12.6 Å². The summed E-state index contributed by atoms with van der Waals surface area (Å²) < 4.78 is 24.7. The number of methoxy groups -OCH3 is 1. The monoisotopic (exact) mass is 454 g/mol. The quantitative estimate of drug-likeness (QED) is 0.588. The van der Waals surface area contributed by atoms with Gasteiger partial charge in [0.1, 0.15) is 11.6 Å². The van der Waals surface area contributed by atoms with Crippen molar-refractivity contribution in [2.45, 2.75) is 44.8 Å². The number of nitrogens with zero attached hydrogens (tertiary/aromatic N) is 1. The maximum Gasteiger partial charge on any atom is 0.261 e. The Balaban J connectivity index is 1.62. The van der Waals surface area contributed by atoms with Crippen molar-refractivity contribution in [2.75, 3.05) is 26.8 Å². The third kappa shape index (κ3) is 5.36. The third-order valence-electron chi connectivity index (χ3n) is 6.29. The summed E-state index contributed by atoms with van der Waals surface area (Å²) in [5.41, 5.74) is 2.97. The Labute approximate surface area is 194 Å². The van der Waals surface area contributed by atoms with E-state index < -0.39 is 6.10 Å². The van der Waals surface area contributed by atoms with Gasteiger partial charge in [0.25, 0.3) is 5.91 Å². The fraction of sp³-hybridized carbons (Fsp3) is 0.462. The minimum absolute atomic E-state index is 0.0919. The average molecular weight is 455 g/mol. The SMILES string of the molecule is CCC(Oc1ccc2c(c1)C(c1ccc(F)cc1)N(C(=O)C1CC1)CC2)C(=O)NCCOC. The fourth-order valence-electron chi connectivity index (χ4n) is 4.35. The number of hydrogen-bond donors (Lipinski definition) is 1. The van der Waals surface area contributed by atoms with E-state index in [-0.39, 0.29) is 29.6 Å². The Morgan fingerprint density at radius 3 is 2.61 bits per heavy atom. The van der Waals surface area contributed by atoms with Crippen LogP contribution >= 0.6 is 0 Å². The van der Waals surface area contributed by atoms with Gasteiger partial charge >= 0.3 is 0 Å². The van der Waals surface area contributed by atoms with E-state index in [1.807, 2.05) is 30.0 Å². The number of hydrogen-bond acceptors (Lipinski definition) is 4. The lowest BCUT2D eigenvalue weighted by molar-refractivity contribution is -0.134. The zero-order chi connectivity index (χ0) is 23.4. The molecule has 1 saturated carbocycles. The standard InChI is InChI=1S/C26H31FN2O4/c1-3-23(25(30)28-13-15-32-2)33-21-11-8-17-12-14-29(26(31)19-4-5-19)24(22(17)16-21)18-6-9-20(27)10-7-18/h6-11,16,19,23-24H,3-5,12-15H2,1-2H3,(H,28,30). The van der Waals surface area contributed by atoms with Crippen LogP contribution in [0.3, 0.4) is 0 Å². The minimum Gasteiger partial charge on any atom is -0.481 e.